The fourth-order valence-corrected chi connectivity index (χ4v) is 2.95. The Bertz CT molecular complexity index is 290. The van der Waals surface area contributed by atoms with Crippen LogP contribution in [-0.4, -0.2) is 0 Å². The Kier molecular flexibility index (Phi) is 13.3. The molecule has 0 aromatic heterocycles. The molecular weight excluding hydrogens is 268 g/mol. The van der Waals surface area contributed by atoms with Gasteiger partial charge in [-0.15, -0.1) is 0 Å². The molecule has 0 unspecified atom stereocenters. The highest BCUT2D eigenvalue weighted by atomic mass is 16.5. The second kappa shape index (κ2) is 15.2. The summed E-state index contributed by atoms with van der Waals surface area (Å²) in [4.78, 5) is 0. The van der Waals surface area contributed by atoms with Crippen molar-refractivity contribution in [2.24, 2.45) is 0 Å². The molecule has 0 atom stereocenters. The van der Waals surface area contributed by atoms with Crippen LogP contribution >= 0.6 is 0 Å². The lowest BCUT2D eigenvalue weighted by Gasteiger charge is -2.03. The minimum atomic E-state index is 1.04. The minimum absolute atomic E-state index is 1.04. The van der Waals surface area contributed by atoms with Gasteiger partial charge in [-0.25, -0.2) is 0 Å². The van der Waals surface area contributed by atoms with Crippen LogP contribution in [0.3, 0.4) is 0 Å². The molecule has 0 N–H and O–H groups in total. The normalized spacial score (nSPS) is 13.4. The van der Waals surface area contributed by atoms with Crippen LogP contribution in [0.25, 0.3) is 0 Å². The predicted molar refractivity (Wildman–Crippen MR) is 97.9 cm³/mol. The quantitative estimate of drug-likeness (QED) is 0.251. The average molecular weight is 307 g/mol. The summed E-state index contributed by atoms with van der Waals surface area (Å²) >= 11 is 0. The maximum atomic E-state index is 4.94. The first kappa shape index (κ1) is 19.3. The van der Waals surface area contributed by atoms with E-state index in [0.29, 0.717) is 0 Å². The van der Waals surface area contributed by atoms with E-state index < -0.39 is 0 Å². The maximum Gasteiger partial charge on any atom is 0.161 e. The lowest BCUT2D eigenvalue weighted by Crippen LogP contribution is -1.83. The zero-order valence-corrected chi connectivity index (χ0v) is 15.0. The van der Waals surface area contributed by atoms with Crippen LogP contribution in [0.15, 0.2) is 24.2 Å². The molecule has 1 aliphatic rings. The lowest BCUT2D eigenvalue weighted by atomic mass is 10.0. The third kappa shape index (κ3) is 14.2. The van der Waals surface area contributed by atoms with Crippen LogP contribution in [0.2, 0.25) is 0 Å². The highest BCUT2D eigenvalue weighted by Gasteiger charge is 2.02. The van der Waals surface area contributed by atoms with E-state index in [1.165, 1.54) is 103 Å². The molecule has 22 heavy (non-hydrogen) atoms. The summed E-state index contributed by atoms with van der Waals surface area (Å²) in [6, 6.07) is 0. The van der Waals surface area contributed by atoms with Crippen LogP contribution < -0.4 is 0 Å². The standard InChI is InChI=1S/C21H38O/c1-2-3-4-5-6-7-8-9-10-11-12-13-14-15-16-17-18-19-21-20-22-21/h18-20H,2-17H2,1H3. The topological polar surface area (TPSA) is 12.5 Å². The highest BCUT2D eigenvalue weighted by molar-refractivity contribution is 5.19. The van der Waals surface area contributed by atoms with E-state index >= 15 is 0 Å². The van der Waals surface area contributed by atoms with Gasteiger partial charge in [0.2, 0.25) is 0 Å². The van der Waals surface area contributed by atoms with Crippen LogP contribution in [-0.2, 0) is 4.74 Å². The second-order valence-corrected chi connectivity index (χ2v) is 6.78. The molecule has 1 rings (SSSR count). The van der Waals surface area contributed by atoms with Crippen molar-refractivity contribution in [3.8, 4) is 0 Å². The summed E-state index contributed by atoms with van der Waals surface area (Å²) in [6.45, 7) is 2.29. The van der Waals surface area contributed by atoms with Crippen molar-refractivity contribution in [1.29, 1.82) is 0 Å². The van der Waals surface area contributed by atoms with Gasteiger partial charge in [-0.05, 0) is 18.9 Å². The highest BCUT2D eigenvalue weighted by Crippen LogP contribution is 2.16. The van der Waals surface area contributed by atoms with Crippen LogP contribution in [0.1, 0.15) is 110 Å². The third-order valence-corrected chi connectivity index (χ3v) is 4.51. The molecule has 128 valence electrons. The number of hydrogen-bond acceptors (Lipinski definition) is 1. The number of rotatable bonds is 17. The van der Waals surface area contributed by atoms with Crippen LogP contribution in [0.5, 0.6) is 0 Å². The van der Waals surface area contributed by atoms with Crippen molar-refractivity contribution in [2.45, 2.75) is 110 Å². The van der Waals surface area contributed by atoms with E-state index in [1.54, 1.807) is 6.26 Å². The van der Waals surface area contributed by atoms with Gasteiger partial charge in [0.05, 0.1) is 0 Å². The minimum Gasteiger partial charge on any atom is -0.458 e. The summed E-state index contributed by atoms with van der Waals surface area (Å²) in [5, 5.41) is 0. The maximum absolute atomic E-state index is 4.94. The number of hydrogen-bond donors (Lipinski definition) is 0. The molecule has 0 spiro atoms. The zero-order chi connectivity index (χ0) is 15.7. The molecule has 0 aromatic rings. The van der Waals surface area contributed by atoms with Crippen molar-refractivity contribution in [1.82, 2.24) is 0 Å². The Morgan fingerprint density at radius 2 is 1.09 bits per heavy atom. The predicted octanol–water partition coefficient (Wildman–Crippen LogP) is 7.68. The molecule has 0 amide bonds. The van der Waals surface area contributed by atoms with Crippen molar-refractivity contribution in [2.75, 3.05) is 0 Å². The number of ether oxygens (including phenoxy) is 1. The molecule has 0 aliphatic carbocycles. The Hall–Kier alpha value is -0.720. The molecule has 0 fully saturated rings. The van der Waals surface area contributed by atoms with E-state index in [-0.39, 0.29) is 0 Å². The molecular formula is C21H38O. The summed E-state index contributed by atoms with van der Waals surface area (Å²) < 4.78 is 4.94. The molecule has 0 aromatic carbocycles. The van der Waals surface area contributed by atoms with Gasteiger partial charge in [0.1, 0.15) is 6.26 Å². The molecule has 0 bridgehead atoms. The van der Waals surface area contributed by atoms with Crippen molar-refractivity contribution >= 4 is 0 Å². The van der Waals surface area contributed by atoms with Crippen molar-refractivity contribution < 1.29 is 4.74 Å². The monoisotopic (exact) mass is 306 g/mol. The summed E-state index contributed by atoms with van der Waals surface area (Å²) in [5.74, 6) is 1.04. The molecule has 1 nitrogen and oxygen atoms in total. The van der Waals surface area contributed by atoms with E-state index in [0.717, 1.165) is 5.76 Å². The lowest BCUT2D eigenvalue weighted by molar-refractivity contribution is 0.515. The molecule has 1 heteroatoms. The van der Waals surface area contributed by atoms with Crippen molar-refractivity contribution in [3.05, 3.63) is 24.2 Å². The van der Waals surface area contributed by atoms with Crippen molar-refractivity contribution in [3.63, 3.8) is 0 Å². The zero-order valence-electron chi connectivity index (χ0n) is 15.0. The van der Waals surface area contributed by atoms with E-state index in [9.17, 15) is 0 Å². The summed E-state index contributed by atoms with van der Waals surface area (Å²) in [6.07, 6.45) is 28.9. The third-order valence-electron chi connectivity index (χ3n) is 4.51. The molecule has 1 aliphatic heterocycles. The molecule has 0 radical (unpaired) electrons. The summed E-state index contributed by atoms with van der Waals surface area (Å²) in [5.41, 5.74) is 0. The number of allylic oxidation sites excluding steroid dienone is 2. The average Bonchev–Trinajstić information content (AvgIpc) is 3.34. The largest absolute Gasteiger partial charge is 0.458 e. The van der Waals surface area contributed by atoms with Gasteiger partial charge in [-0.1, -0.05) is 103 Å². The Morgan fingerprint density at radius 1 is 0.682 bits per heavy atom. The molecule has 0 saturated heterocycles. The second-order valence-electron chi connectivity index (χ2n) is 6.78. The smallest absolute Gasteiger partial charge is 0.161 e. The van der Waals surface area contributed by atoms with Crippen LogP contribution in [0, 0.1) is 0 Å². The van der Waals surface area contributed by atoms with Gasteiger partial charge in [0.15, 0.2) is 5.76 Å². The first-order valence-electron chi connectivity index (χ1n) is 9.97. The van der Waals surface area contributed by atoms with Gasteiger partial charge in [0.25, 0.3) is 0 Å². The Labute approximate surface area is 139 Å². The van der Waals surface area contributed by atoms with Gasteiger partial charge >= 0.3 is 0 Å². The number of unbranched alkanes of at least 4 members (excludes halogenated alkanes) is 15. The van der Waals surface area contributed by atoms with E-state index in [2.05, 4.69) is 19.1 Å². The first-order chi connectivity index (χ1) is 10.9. The molecule has 1 heterocycles. The van der Waals surface area contributed by atoms with Crippen LogP contribution in [0.4, 0.5) is 0 Å². The molecule has 0 saturated carbocycles. The van der Waals surface area contributed by atoms with E-state index in [1.807, 2.05) is 0 Å². The fraction of sp³-hybridized carbons (Fsp3) is 0.810. The van der Waals surface area contributed by atoms with E-state index in [4.69, 9.17) is 4.74 Å². The van der Waals surface area contributed by atoms with Gasteiger partial charge in [0, 0.05) is 0 Å². The van der Waals surface area contributed by atoms with Gasteiger partial charge in [-0.2, -0.15) is 0 Å². The first-order valence-corrected chi connectivity index (χ1v) is 9.97. The SMILES string of the molecule is CCCCCCCCCCCCCCCCCC=CC1=CO1. The fourth-order valence-electron chi connectivity index (χ4n) is 2.95. The van der Waals surface area contributed by atoms with Gasteiger partial charge in [-0.3, -0.25) is 0 Å². The van der Waals surface area contributed by atoms with Gasteiger partial charge < -0.3 is 4.74 Å². The summed E-state index contributed by atoms with van der Waals surface area (Å²) in [7, 11) is 0. The Balaban J connectivity index is 1.63. The Morgan fingerprint density at radius 3 is 1.50 bits per heavy atom.